The molecule has 0 saturated carbocycles. The largest absolute Gasteiger partial charge is 0.458 e. The molecule has 0 saturated heterocycles. The van der Waals surface area contributed by atoms with Gasteiger partial charge in [0.1, 0.15) is 24.9 Å². The van der Waals surface area contributed by atoms with Gasteiger partial charge < -0.3 is 14.9 Å². The van der Waals surface area contributed by atoms with Crippen molar-refractivity contribution < 1.29 is 27.6 Å². The minimum absolute atomic E-state index is 0.116. The van der Waals surface area contributed by atoms with E-state index in [0.717, 1.165) is 17.1 Å². The van der Waals surface area contributed by atoms with Crippen LogP contribution < -0.4 is 0 Å². The zero-order chi connectivity index (χ0) is 18.1. The molecule has 2 heterocycles. The van der Waals surface area contributed by atoms with Crippen LogP contribution in [0.4, 0.5) is 19.0 Å². The Morgan fingerprint density at radius 3 is 2.71 bits per heavy atom. The Bertz CT molecular complexity index is 780. The van der Waals surface area contributed by atoms with Crippen molar-refractivity contribution in [3.05, 3.63) is 39.6 Å². The van der Waals surface area contributed by atoms with Gasteiger partial charge in [-0.05, 0) is 4.92 Å². The van der Waals surface area contributed by atoms with Gasteiger partial charge in [0.15, 0.2) is 11.5 Å². The van der Waals surface area contributed by atoms with Crippen molar-refractivity contribution in [1.29, 1.82) is 0 Å². The molecule has 130 valence electrons. The summed E-state index contributed by atoms with van der Waals surface area (Å²) in [6.07, 6.45) is -2.86. The maximum atomic E-state index is 12.8. The Kier molecular flexibility index (Phi) is 4.57. The molecular formula is C12H12F3N5O4. The third-order valence-corrected chi connectivity index (χ3v) is 3.09. The summed E-state index contributed by atoms with van der Waals surface area (Å²) in [5.74, 6) is -1.20. The Balaban J connectivity index is 2.08. The van der Waals surface area contributed by atoms with Crippen LogP contribution in [0, 0.1) is 17.0 Å². The van der Waals surface area contributed by atoms with E-state index >= 15 is 0 Å². The predicted octanol–water partition coefficient (Wildman–Crippen LogP) is 1.71. The van der Waals surface area contributed by atoms with Gasteiger partial charge >= 0.3 is 18.0 Å². The maximum absolute atomic E-state index is 12.8. The van der Waals surface area contributed by atoms with Gasteiger partial charge in [0.05, 0.1) is 0 Å². The van der Waals surface area contributed by atoms with E-state index in [1.807, 2.05) is 0 Å². The number of halogens is 3. The van der Waals surface area contributed by atoms with Gasteiger partial charge in [-0.3, -0.25) is 4.68 Å². The van der Waals surface area contributed by atoms with Crippen molar-refractivity contribution in [2.75, 3.05) is 6.61 Å². The van der Waals surface area contributed by atoms with Gasteiger partial charge in [-0.2, -0.15) is 18.3 Å². The maximum Gasteiger partial charge on any atom is 0.436 e. The highest BCUT2D eigenvalue weighted by Gasteiger charge is 2.39. The lowest BCUT2D eigenvalue weighted by atomic mass is 10.2. The summed E-state index contributed by atoms with van der Waals surface area (Å²) < 4.78 is 45.2. The molecule has 0 aliphatic rings. The number of hydrogen-bond acceptors (Lipinski definition) is 6. The highest BCUT2D eigenvalue weighted by molar-refractivity contribution is 5.90. The number of aromatic nitrogens is 4. The number of rotatable bonds is 5. The van der Waals surface area contributed by atoms with Crippen molar-refractivity contribution in [3.8, 4) is 0 Å². The van der Waals surface area contributed by atoms with Crippen molar-refractivity contribution in [2.45, 2.75) is 19.6 Å². The number of aryl methyl sites for hydroxylation is 2. The molecule has 0 aliphatic heterocycles. The topological polar surface area (TPSA) is 105 Å². The summed E-state index contributed by atoms with van der Waals surface area (Å²) in [6.45, 7) is 1.04. The standard InChI is InChI=1S/C12H12F3N5O4/c1-7-16-5-9(20(22)23)19(7)3-4-24-11(21)8-6-18(2)17-10(8)12(13,14)15/h5-6H,3-4H2,1-2H3. The molecule has 0 N–H and O–H groups in total. The molecule has 0 fully saturated rings. The SMILES string of the molecule is Cc1ncc([N+](=O)[O-])n1CCOC(=O)c1cn(C)nc1C(F)(F)F. The normalized spacial score (nSPS) is 11.5. The van der Waals surface area contributed by atoms with Gasteiger partial charge in [-0.15, -0.1) is 0 Å². The molecule has 0 unspecified atom stereocenters. The third kappa shape index (κ3) is 3.52. The molecule has 0 atom stereocenters. The van der Waals surface area contributed by atoms with E-state index in [-0.39, 0.29) is 19.0 Å². The van der Waals surface area contributed by atoms with E-state index in [4.69, 9.17) is 4.74 Å². The molecule has 0 amide bonds. The van der Waals surface area contributed by atoms with Crippen LogP contribution in [0.2, 0.25) is 0 Å². The van der Waals surface area contributed by atoms with E-state index in [1.54, 1.807) is 0 Å². The zero-order valence-electron chi connectivity index (χ0n) is 12.6. The second kappa shape index (κ2) is 6.29. The van der Waals surface area contributed by atoms with Gasteiger partial charge in [-0.1, -0.05) is 0 Å². The van der Waals surface area contributed by atoms with Crippen LogP contribution in [0.3, 0.4) is 0 Å². The van der Waals surface area contributed by atoms with Gasteiger partial charge in [0, 0.05) is 20.2 Å². The first kappa shape index (κ1) is 17.4. The van der Waals surface area contributed by atoms with Crippen LogP contribution >= 0.6 is 0 Å². The predicted molar refractivity (Wildman–Crippen MR) is 72.1 cm³/mol. The van der Waals surface area contributed by atoms with E-state index in [9.17, 15) is 28.1 Å². The van der Waals surface area contributed by atoms with E-state index in [2.05, 4.69) is 10.1 Å². The Labute approximate surface area is 132 Å². The van der Waals surface area contributed by atoms with Crippen LogP contribution in [0.15, 0.2) is 12.4 Å². The molecular weight excluding hydrogens is 335 g/mol. The van der Waals surface area contributed by atoms with E-state index in [1.165, 1.54) is 18.5 Å². The summed E-state index contributed by atoms with van der Waals surface area (Å²) in [5.41, 5.74) is -2.07. The second-order valence-electron chi connectivity index (χ2n) is 4.77. The molecule has 0 aromatic carbocycles. The first-order chi connectivity index (χ1) is 11.1. The molecule has 0 spiro atoms. The summed E-state index contributed by atoms with van der Waals surface area (Å²) in [5, 5.41) is 14.0. The lowest BCUT2D eigenvalue weighted by Crippen LogP contribution is -2.17. The molecule has 0 radical (unpaired) electrons. The number of esters is 1. The average Bonchev–Trinajstić information content (AvgIpc) is 3.02. The number of nitrogens with zero attached hydrogens (tertiary/aromatic N) is 5. The molecule has 2 rings (SSSR count). The fourth-order valence-electron chi connectivity index (χ4n) is 2.03. The summed E-state index contributed by atoms with van der Waals surface area (Å²) >= 11 is 0. The van der Waals surface area contributed by atoms with Crippen LogP contribution in [0.5, 0.6) is 0 Å². The monoisotopic (exact) mass is 347 g/mol. The highest BCUT2D eigenvalue weighted by atomic mass is 19.4. The first-order valence-corrected chi connectivity index (χ1v) is 6.55. The number of carbonyl (C=O) groups is 1. The van der Waals surface area contributed by atoms with Gasteiger partial charge in [0.25, 0.3) is 0 Å². The van der Waals surface area contributed by atoms with Crippen molar-refractivity contribution >= 4 is 11.8 Å². The number of ether oxygens (including phenoxy) is 1. The molecule has 12 heteroatoms. The van der Waals surface area contributed by atoms with Gasteiger partial charge in [0.2, 0.25) is 0 Å². The number of hydrogen-bond donors (Lipinski definition) is 0. The van der Waals surface area contributed by atoms with E-state index in [0.29, 0.717) is 5.82 Å². The molecule has 0 aliphatic carbocycles. The lowest BCUT2D eigenvalue weighted by Gasteiger charge is -2.07. The summed E-state index contributed by atoms with van der Waals surface area (Å²) in [6, 6.07) is 0. The van der Waals surface area contributed by atoms with Crippen LogP contribution in [0.1, 0.15) is 21.9 Å². The fraction of sp³-hybridized carbons (Fsp3) is 0.417. The number of nitro groups is 1. The highest BCUT2D eigenvalue weighted by Crippen LogP contribution is 2.30. The minimum Gasteiger partial charge on any atom is -0.458 e. The Hall–Kier alpha value is -2.92. The Morgan fingerprint density at radius 2 is 2.12 bits per heavy atom. The average molecular weight is 347 g/mol. The van der Waals surface area contributed by atoms with Gasteiger partial charge in [-0.25, -0.2) is 14.3 Å². The fourth-order valence-corrected chi connectivity index (χ4v) is 2.03. The number of imidazole rings is 1. The molecule has 24 heavy (non-hydrogen) atoms. The summed E-state index contributed by atoms with van der Waals surface area (Å²) in [4.78, 5) is 25.7. The molecule has 2 aromatic rings. The zero-order valence-corrected chi connectivity index (χ0v) is 12.6. The van der Waals surface area contributed by atoms with Crippen molar-refractivity contribution in [2.24, 2.45) is 7.05 Å². The van der Waals surface area contributed by atoms with Crippen LogP contribution in [0.25, 0.3) is 0 Å². The smallest absolute Gasteiger partial charge is 0.436 e. The Morgan fingerprint density at radius 1 is 1.46 bits per heavy atom. The van der Waals surface area contributed by atoms with Crippen molar-refractivity contribution in [3.63, 3.8) is 0 Å². The quantitative estimate of drug-likeness (QED) is 0.463. The molecule has 2 aromatic heterocycles. The van der Waals surface area contributed by atoms with Crippen LogP contribution in [-0.2, 0) is 24.5 Å². The third-order valence-electron chi connectivity index (χ3n) is 3.09. The van der Waals surface area contributed by atoms with E-state index < -0.39 is 28.3 Å². The first-order valence-electron chi connectivity index (χ1n) is 6.55. The minimum atomic E-state index is -4.80. The number of carbonyl (C=O) groups excluding carboxylic acids is 1. The van der Waals surface area contributed by atoms with Crippen LogP contribution in [-0.4, -0.2) is 36.8 Å². The molecule has 9 nitrogen and oxygen atoms in total. The second-order valence-corrected chi connectivity index (χ2v) is 4.77. The number of alkyl halides is 3. The molecule has 0 bridgehead atoms. The summed E-state index contributed by atoms with van der Waals surface area (Å²) in [7, 11) is 1.24. The lowest BCUT2D eigenvalue weighted by molar-refractivity contribution is -0.392. The van der Waals surface area contributed by atoms with Crippen molar-refractivity contribution in [1.82, 2.24) is 19.3 Å².